The fraction of sp³-hybridized carbons (Fsp3) is 0.120. The van der Waals surface area contributed by atoms with Crippen molar-refractivity contribution in [2.75, 3.05) is 12.0 Å². The number of anilines is 1. The lowest BCUT2D eigenvalue weighted by molar-refractivity contribution is -0.429. The number of nitrogens with zero attached hydrogens (tertiary/aromatic N) is 2. The Labute approximate surface area is 214 Å². The Bertz CT molecular complexity index is 1400. The van der Waals surface area contributed by atoms with Crippen LogP contribution in [0.5, 0.6) is 11.5 Å². The fourth-order valence-electron chi connectivity index (χ4n) is 3.59. The van der Waals surface area contributed by atoms with E-state index in [2.05, 4.69) is 5.32 Å². The Morgan fingerprint density at radius 1 is 1.14 bits per heavy atom. The normalized spacial score (nSPS) is 17.0. The number of ether oxygens (including phenoxy) is 2. The number of amides is 1. The summed E-state index contributed by atoms with van der Waals surface area (Å²) >= 11 is 5.29. The van der Waals surface area contributed by atoms with E-state index in [0.29, 0.717) is 11.3 Å². The zero-order valence-electron chi connectivity index (χ0n) is 19.1. The molecule has 0 unspecified atom stereocenters. The number of methoxy groups -OCH3 is 1. The van der Waals surface area contributed by atoms with Gasteiger partial charge in [0.25, 0.3) is 11.6 Å². The van der Waals surface area contributed by atoms with Gasteiger partial charge in [-0.3, -0.25) is 19.8 Å². The summed E-state index contributed by atoms with van der Waals surface area (Å²) in [6, 6.07) is 13.4. The zero-order valence-corrected chi connectivity index (χ0v) is 19.9. The van der Waals surface area contributed by atoms with Crippen molar-refractivity contribution in [1.29, 1.82) is 0 Å². The molecule has 1 amide bonds. The van der Waals surface area contributed by atoms with Crippen LogP contribution in [0.1, 0.15) is 12.0 Å². The first-order valence-corrected chi connectivity index (χ1v) is 11.1. The maximum atomic E-state index is 13.1. The molecule has 0 aromatic heterocycles. The number of allylic oxidation sites excluding steroid dienone is 4. The maximum Gasteiger partial charge on any atom is 0.416 e. The molecule has 2 aromatic carbocycles. The zero-order chi connectivity index (χ0) is 26.7. The van der Waals surface area contributed by atoms with E-state index in [-0.39, 0.29) is 34.0 Å². The Kier molecular flexibility index (Phi) is 7.11. The van der Waals surface area contributed by atoms with Crippen molar-refractivity contribution in [3.63, 3.8) is 0 Å². The summed E-state index contributed by atoms with van der Waals surface area (Å²) in [5, 5.41) is 14.6. The van der Waals surface area contributed by atoms with E-state index >= 15 is 0 Å². The number of rotatable bonds is 6. The van der Waals surface area contributed by atoms with E-state index in [1.54, 1.807) is 30.3 Å². The molecule has 1 fully saturated rings. The number of nitrogens with one attached hydrogen (secondary N) is 1. The fourth-order valence-corrected chi connectivity index (χ4v) is 3.89. The molecule has 190 valence electrons. The summed E-state index contributed by atoms with van der Waals surface area (Å²) < 4.78 is 50.2. The monoisotopic (exact) mass is 529 g/mol. The second kappa shape index (κ2) is 10.3. The third-order valence-corrected chi connectivity index (χ3v) is 5.66. The molecule has 2 aromatic rings. The summed E-state index contributed by atoms with van der Waals surface area (Å²) in [6.07, 6.45) is -1.36. The molecule has 4 rings (SSSR count). The van der Waals surface area contributed by atoms with Crippen molar-refractivity contribution in [2.24, 2.45) is 0 Å². The van der Waals surface area contributed by atoms with Crippen LogP contribution in [0.2, 0.25) is 0 Å². The molecule has 8 nitrogen and oxygen atoms in total. The van der Waals surface area contributed by atoms with E-state index in [4.69, 9.17) is 21.7 Å². The van der Waals surface area contributed by atoms with Gasteiger partial charge < -0.3 is 14.8 Å². The molecule has 1 heterocycles. The number of hydrogen-bond donors (Lipinski definition) is 1. The molecular formula is C25H18F3N3O5S. The predicted octanol–water partition coefficient (Wildman–Crippen LogP) is 5.27. The van der Waals surface area contributed by atoms with Gasteiger partial charge in [-0.2, -0.15) is 13.2 Å². The number of nitro groups is 1. The molecule has 1 aliphatic heterocycles. The maximum absolute atomic E-state index is 13.1. The third kappa shape index (κ3) is 5.54. The van der Waals surface area contributed by atoms with E-state index in [0.717, 1.165) is 18.2 Å². The number of alkyl halides is 3. The molecular weight excluding hydrogens is 511 g/mol. The smallest absolute Gasteiger partial charge is 0.416 e. The summed E-state index contributed by atoms with van der Waals surface area (Å²) in [7, 11) is 1.33. The van der Waals surface area contributed by atoms with E-state index in [9.17, 15) is 28.1 Å². The number of para-hydroxylation sites is 1. The first-order valence-electron chi connectivity index (χ1n) is 10.7. The Balaban J connectivity index is 1.61. The first-order chi connectivity index (χ1) is 17.6. The number of carbonyl (C=O) groups is 1. The third-order valence-electron chi connectivity index (χ3n) is 5.37. The molecule has 0 bridgehead atoms. The minimum atomic E-state index is -4.66. The van der Waals surface area contributed by atoms with Gasteiger partial charge in [0.2, 0.25) is 5.76 Å². The molecule has 0 saturated carbocycles. The minimum Gasteiger partial charge on any atom is -0.493 e. The highest BCUT2D eigenvalue weighted by atomic mass is 32.1. The summed E-state index contributed by atoms with van der Waals surface area (Å²) in [5.74, 6) is -0.556. The molecule has 1 N–H and O–H groups in total. The summed E-state index contributed by atoms with van der Waals surface area (Å²) in [6.45, 7) is 0. The van der Waals surface area contributed by atoms with Gasteiger partial charge in [-0.05, 0) is 60.3 Å². The second-order valence-corrected chi connectivity index (χ2v) is 8.13. The number of carbonyl (C=O) groups excluding carboxylic acids is 1. The van der Waals surface area contributed by atoms with Crippen LogP contribution >= 0.6 is 12.2 Å². The first kappa shape index (κ1) is 25.6. The second-order valence-electron chi connectivity index (χ2n) is 7.74. The lowest BCUT2D eigenvalue weighted by atomic mass is 10.1. The lowest BCUT2D eigenvalue weighted by Crippen LogP contribution is -2.30. The van der Waals surface area contributed by atoms with Crippen LogP contribution in [0.3, 0.4) is 0 Å². The molecule has 0 atom stereocenters. The Morgan fingerprint density at radius 3 is 2.51 bits per heavy atom. The van der Waals surface area contributed by atoms with Crippen LogP contribution in [-0.4, -0.2) is 29.2 Å². The van der Waals surface area contributed by atoms with Gasteiger partial charge >= 0.3 is 6.18 Å². The van der Waals surface area contributed by atoms with Crippen LogP contribution < -0.4 is 19.7 Å². The van der Waals surface area contributed by atoms with E-state index in [1.807, 2.05) is 6.07 Å². The van der Waals surface area contributed by atoms with Crippen molar-refractivity contribution in [3.05, 3.63) is 105 Å². The van der Waals surface area contributed by atoms with Crippen molar-refractivity contribution >= 4 is 35.0 Å². The highest BCUT2D eigenvalue weighted by Crippen LogP contribution is 2.35. The number of benzene rings is 2. The number of hydrogen-bond acceptors (Lipinski definition) is 6. The van der Waals surface area contributed by atoms with Gasteiger partial charge in [-0.15, -0.1) is 0 Å². The number of thiocarbonyl (C=S) groups is 1. The van der Waals surface area contributed by atoms with Crippen LogP contribution in [0.4, 0.5) is 18.9 Å². The van der Waals surface area contributed by atoms with Crippen LogP contribution in [0.15, 0.2) is 89.5 Å². The van der Waals surface area contributed by atoms with Gasteiger partial charge in [0, 0.05) is 0 Å². The SMILES string of the molecule is COc1cc(/C=C2/NC(=S)N(c3ccccc3)C2=O)ccc1OC1=C([N+](=O)[O-])CC=C(C(F)(F)F)C=C1. The topological polar surface area (TPSA) is 93.9 Å². The lowest BCUT2D eigenvalue weighted by Gasteiger charge is -2.13. The molecule has 0 radical (unpaired) electrons. The van der Waals surface area contributed by atoms with Crippen LogP contribution in [0, 0.1) is 10.1 Å². The van der Waals surface area contributed by atoms with Gasteiger partial charge in [0.05, 0.1) is 29.7 Å². The van der Waals surface area contributed by atoms with Crippen molar-refractivity contribution < 1.29 is 32.4 Å². The van der Waals surface area contributed by atoms with Crippen molar-refractivity contribution in [2.45, 2.75) is 12.6 Å². The minimum absolute atomic E-state index is 0.0336. The van der Waals surface area contributed by atoms with E-state index < -0.39 is 28.8 Å². The predicted molar refractivity (Wildman–Crippen MR) is 133 cm³/mol. The average Bonchev–Trinajstić information content (AvgIpc) is 3.00. The summed E-state index contributed by atoms with van der Waals surface area (Å²) in [4.78, 5) is 25.0. The Hall–Kier alpha value is -4.45. The summed E-state index contributed by atoms with van der Waals surface area (Å²) in [5.41, 5.74) is -0.238. The molecule has 2 aliphatic rings. The largest absolute Gasteiger partial charge is 0.493 e. The van der Waals surface area contributed by atoms with Gasteiger partial charge in [0.1, 0.15) is 5.70 Å². The molecule has 1 aliphatic carbocycles. The Morgan fingerprint density at radius 2 is 1.86 bits per heavy atom. The van der Waals surface area contributed by atoms with Gasteiger partial charge in [-0.1, -0.05) is 30.3 Å². The quantitative estimate of drug-likeness (QED) is 0.236. The standard InChI is InChI=1S/C25H18F3N3O5S/c1-35-22-14-15(13-18-23(32)30(24(37)29-18)17-5-3-2-4-6-17)7-11-21(22)36-20-12-9-16(25(26,27)28)8-10-19(20)31(33)34/h2-9,11-14H,10H2,1H3,(H,29,37)/b18-13+. The highest BCUT2D eigenvalue weighted by Gasteiger charge is 2.34. The van der Waals surface area contributed by atoms with Gasteiger partial charge in [0.15, 0.2) is 16.6 Å². The molecule has 1 saturated heterocycles. The highest BCUT2D eigenvalue weighted by molar-refractivity contribution is 7.80. The van der Waals surface area contributed by atoms with E-state index in [1.165, 1.54) is 30.2 Å². The van der Waals surface area contributed by atoms with Crippen LogP contribution in [-0.2, 0) is 4.79 Å². The van der Waals surface area contributed by atoms with Crippen LogP contribution in [0.25, 0.3) is 6.08 Å². The number of halogens is 3. The molecule has 0 spiro atoms. The van der Waals surface area contributed by atoms with Crippen molar-refractivity contribution in [3.8, 4) is 11.5 Å². The molecule has 12 heteroatoms. The average molecular weight is 529 g/mol. The van der Waals surface area contributed by atoms with Gasteiger partial charge in [-0.25, -0.2) is 0 Å². The van der Waals surface area contributed by atoms with Crippen molar-refractivity contribution in [1.82, 2.24) is 5.32 Å². The molecule has 37 heavy (non-hydrogen) atoms.